The first-order valence-electron chi connectivity index (χ1n) is 4.98. The molecule has 1 unspecified atom stereocenters. The summed E-state index contributed by atoms with van der Waals surface area (Å²) < 4.78 is 5.30. The molecule has 0 aliphatic heterocycles. The summed E-state index contributed by atoms with van der Waals surface area (Å²) in [7, 11) is 5.70. The van der Waals surface area contributed by atoms with E-state index in [1.54, 1.807) is 7.11 Å². The molecule has 1 rings (SSSR count). The highest BCUT2D eigenvalue weighted by Crippen LogP contribution is 2.30. The van der Waals surface area contributed by atoms with Crippen molar-refractivity contribution in [3.63, 3.8) is 0 Å². The molecule has 3 heteroatoms. The highest BCUT2D eigenvalue weighted by Gasteiger charge is 2.14. The molecule has 0 aromatic heterocycles. The van der Waals surface area contributed by atoms with Crippen LogP contribution in [0.25, 0.3) is 0 Å². The number of nitrogens with zero attached hydrogens (tertiary/aromatic N) is 1. The second-order valence-electron chi connectivity index (χ2n) is 3.98. The zero-order valence-corrected chi connectivity index (χ0v) is 10.5. The molecule has 0 N–H and O–H groups in total. The molecule has 0 fully saturated rings. The predicted octanol–water partition coefficient (Wildman–Crippen LogP) is 2.85. The van der Waals surface area contributed by atoms with Crippen molar-refractivity contribution in [2.75, 3.05) is 27.7 Å². The average Bonchev–Trinajstić information content (AvgIpc) is 2.16. The van der Waals surface area contributed by atoms with Gasteiger partial charge in [-0.25, -0.2) is 0 Å². The number of ether oxygens (including phenoxy) is 1. The zero-order valence-electron chi connectivity index (χ0n) is 9.75. The summed E-state index contributed by atoms with van der Waals surface area (Å²) in [5.74, 6) is 0.863. The summed E-state index contributed by atoms with van der Waals surface area (Å²) in [6, 6.07) is 6.08. The zero-order chi connectivity index (χ0) is 11.4. The van der Waals surface area contributed by atoms with Gasteiger partial charge in [0.2, 0.25) is 0 Å². The van der Waals surface area contributed by atoms with E-state index < -0.39 is 0 Å². The van der Waals surface area contributed by atoms with Crippen molar-refractivity contribution in [3.8, 4) is 5.75 Å². The van der Waals surface area contributed by atoms with Crippen molar-refractivity contribution in [3.05, 3.63) is 29.3 Å². The van der Waals surface area contributed by atoms with E-state index in [-0.39, 0.29) is 5.38 Å². The van der Waals surface area contributed by atoms with Crippen molar-refractivity contribution in [2.24, 2.45) is 0 Å². The van der Waals surface area contributed by atoms with Crippen molar-refractivity contribution in [1.29, 1.82) is 0 Å². The fourth-order valence-electron chi connectivity index (χ4n) is 1.52. The maximum absolute atomic E-state index is 6.34. The summed E-state index contributed by atoms with van der Waals surface area (Å²) in [4.78, 5) is 2.07. The molecule has 1 aromatic carbocycles. The average molecular weight is 228 g/mol. The van der Waals surface area contributed by atoms with E-state index in [0.717, 1.165) is 17.9 Å². The van der Waals surface area contributed by atoms with E-state index >= 15 is 0 Å². The molecular weight excluding hydrogens is 210 g/mol. The molecule has 1 atom stereocenters. The quantitative estimate of drug-likeness (QED) is 0.734. The molecule has 0 heterocycles. The topological polar surface area (TPSA) is 12.5 Å². The van der Waals surface area contributed by atoms with Crippen molar-refractivity contribution < 1.29 is 4.74 Å². The third kappa shape index (κ3) is 3.40. The number of rotatable bonds is 4. The summed E-state index contributed by atoms with van der Waals surface area (Å²) in [5.41, 5.74) is 2.27. The number of alkyl halides is 1. The first kappa shape index (κ1) is 12.3. The van der Waals surface area contributed by atoms with Gasteiger partial charge in [0.05, 0.1) is 12.5 Å². The summed E-state index contributed by atoms with van der Waals surface area (Å²) in [6.07, 6.45) is 0. The van der Waals surface area contributed by atoms with E-state index in [1.165, 1.54) is 5.56 Å². The number of aryl methyl sites for hydroxylation is 1. The number of halogens is 1. The van der Waals surface area contributed by atoms with E-state index in [4.69, 9.17) is 16.3 Å². The lowest BCUT2D eigenvalue weighted by Gasteiger charge is -2.18. The van der Waals surface area contributed by atoms with Gasteiger partial charge >= 0.3 is 0 Å². The van der Waals surface area contributed by atoms with Crippen LogP contribution < -0.4 is 4.74 Å². The second kappa shape index (κ2) is 5.38. The van der Waals surface area contributed by atoms with Crippen LogP contribution in [0.5, 0.6) is 5.75 Å². The van der Waals surface area contributed by atoms with Crippen LogP contribution >= 0.6 is 11.6 Å². The minimum atomic E-state index is -0.0325. The molecule has 0 bridgehead atoms. The Morgan fingerprint density at radius 3 is 2.60 bits per heavy atom. The molecule has 84 valence electrons. The van der Waals surface area contributed by atoms with Gasteiger partial charge in [0, 0.05) is 12.1 Å². The van der Waals surface area contributed by atoms with Gasteiger partial charge in [0.1, 0.15) is 5.75 Å². The summed E-state index contributed by atoms with van der Waals surface area (Å²) >= 11 is 6.34. The standard InChI is InChI=1S/C12H18ClNO/c1-9-5-6-12(15-4)10(7-9)11(13)8-14(2)3/h5-7,11H,8H2,1-4H3. The van der Waals surface area contributed by atoms with Crippen molar-refractivity contribution in [2.45, 2.75) is 12.3 Å². The number of methoxy groups -OCH3 is 1. The molecule has 0 spiro atoms. The van der Waals surface area contributed by atoms with E-state index in [1.807, 2.05) is 26.2 Å². The van der Waals surface area contributed by atoms with Crippen molar-refractivity contribution >= 4 is 11.6 Å². The Morgan fingerprint density at radius 2 is 2.07 bits per heavy atom. The van der Waals surface area contributed by atoms with Crippen LogP contribution in [0, 0.1) is 6.92 Å². The lowest BCUT2D eigenvalue weighted by molar-refractivity contribution is 0.388. The van der Waals surface area contributed by atoms with Crippen LogP contribution in [0.1, 0.15) is 16.5 Å². The fraction of sp³-hybridized carbons (Fsp3) is 0.500. The Bertz CT molecular complexity index is 325. The van der Waals surface area contributed by atoms with Crippen LogP contribution in [0.2, 0.25) is 0 Å². The van der Waals surface area contributed by atoms with E-state index in [0.29, 0.717) is 0 Å². The van der Waals surface area contributed by atoms with Gasteiger partial charge in [-0.1, -0.05) is 17.7 Å². The highest BCUT2D eigenvalue weighted by molar-refractivity contribution is 6.21. The minimum Gasteiger partial charge on any atom is -0.496 e. The Hall–Kier alpha value is -0.730. The lowest BCUT2D eigenvalue weighted by Crippen LogP contribution is -2.17. The molecule has 1 aromatic rings. The van der Waals surface area contributed by atoms with Crippen LogP contribution in [-0.2, 0) is 0 Å². The lowest BCUT2D eigenvalue weighted by atomic mass is 10.1. The fourth-order valence-corrected chi connectivity index (χ4v) is 1.96. The Morgan fingerprint density at radius 1 is 1.40 bits per heavy atom. The van der Waals surface area contributed by atoms with Gasteiger partial charge in [-0.05, 0) is 27.1 Å². The van der Waals surface area contributed by atoms with E-state index in [9.17, 15) is 0 Å². The molecule has 0 aliphatic carbocycles. The third-order valence-corrected chi connectivity index (χ3v) is 2.62. The molecular formula is C12H18ClNO. The highest BCUT2D eigenvalue weighted by atomic mass is 35.5. The van der Waals surface area contributed by atoms with Crippen LogP contribution in [0.4, 0.5) is 0 Å². The van der Waals surface area contributed by atoms with Gasteiger partial charge in [0.15, 0.2) is 0 Å². The Balaban J connectivity index is 2.94. The molecule has 15 heavy (non-hydrogen) atoms. The Kier molecular flexibility index (Phi) is 4.43. The SMILES string of the molecule is COc1ccc(C)cc1C(Cl)CN(C)C. The van der Waals surface area contributed by atoms with E-state index in [2.05, 4.69) is 17.9 Å². The monoisotopic (exact) mass is 227 g/mol. The molecule has 2 nitrogen and oxygen atoms in total. The molecule has 0 saturated carbocycles. The predicted molar refractivity (Wildman–Crippen MR) is 64.9 cm³/mol. The third-order valence-electron chi connectivity index (χ3n) is 2.25. The Labute approximate surface area is 96.8 Å². The van der Waals surface area contributed by atoms with Crippen LogP contribution in [0.3, 0.4) is 0 Å². The van der Waals surface area contributed by atoms with Gasteiger partial charge in [-0.2, -0.15) is 0 Å². The van der Waals surface area contributed by atoms with Gasteiger partial charge < -0.3 is 9.64 Å². The van der Waals surface area contributed by atoms with Gasteiger partial charge in [-0.3, -0.25) is 0 Å². The number of likely N-dealkylation sites (N-methyl/N-ethyl adjacent to an activating group) is 1. The maximum atomic E-state index is 6.34. The molecule has 0 amide bonds. The summed E-state index contributed by atoms with van der Waals surface area (Å²) in [6.45, 7) is 2.86. The molecule has 0 radical (unpaired) electrons. The van der Waals surface area contributed by atoms with Crippen LogP contribution in [-0.4, -0.2) is 32.6 Å². The van der Waals surface area contributed by atoms with Crippen LogP contribution in [0.15, 0.2) is 18.2 Å². The van der Waals surface area contributed by atoms with Crippen molar-refractivity contribution in [1.82, 2.24) is 4.90 Å². The first-order valence-corrected chi connectivity index (χ1v) is 5.41. The van der Waals surface area contributed by atoms with Gasteiger partial charge in [0.25, 0.3) is 0 Å². The first-order chi connectivity index (χ1) is 7.04. The summed E-state index contributed by atoms with van der Waals surface area (Å²) in [5, 5.41) is -0.0325. The second-order valence-corrected chi connectivity index (χ2v) is 4.50. The smallest absolute Gasteiger partial charge is 0.123 e. The number of hydrogen-bond acceptors (Lipinski definition) is 2. The minimum absolute atomic E-state index is 0.0325. The maximum Gasteiger partial charge on any atom is 0.123 e. The molecule has 0 saturated heterocycles. The molecule has 0 aliphatic rings. The van der Waals surface area contributed by atoms with Gasteiger partial charge in [-0.15, -0.1) is 11.6 Å². The normalized spacial score (nSPS) is 12.9. The number of benzene rings is 1. The largest absolute Gasteiger partial charge is 0.496 e. The number of hydrogen-bond donors (Lipinski definition) is 0.